The quantitative estimate of drug-likeness (QED) is 0.577. The highest BCUT2D eigenvalue weighted by molar-refractivity contribution is 6.32. The van der Waals surface area contributed by atoms with Gasteiger partial charge in [0.1, 0.15) is 18.4 Å². The lowest BCUT2D eigenvalue weighted by Gasteiger charge is -2.18. The number of rotatable bonds is 9. The van der Waals surface area contributed by atoms with Gasteiger partial charge >= 0.3 is 6.09 Å². The number of nitrogens with two attached hydrogens (primary N) is 1. The second-order valence-electron chi connectivity index (χ2n) is 6.10. The van der Waals surface area contributed by atoms with E-state index in [0.717, 1.165) is 5.56 Å². The van der Waals surface area contributed by atoms with Gasteiger partial charge in [0.05, 0.1) is 12.1 Å². The number of primary amides is 1. The molecular formula is C20H22ClN3O5. The van der Waals surface area contributed by atoms with Crippen molar-refractivity contribution >= 4 is 35.2 Å². The van der Waals surface area contributed by atoms with Gasteiger partial charge in [-0.15, -0.1) is 0 Å². The van der Waals surface area contributed by atoms with Gasteiger partial charge in [-0.2, -0.15) is 0 Å². The van der Waals surface area contributed by atoms with E-state index in [2.05, 4.69) is 10.6 Å². The first kappa shape index (κ1) is 22.0. The van der Waals surface area contributed by atoms with Crippen LogP contribution in [0.5, 0.6) is 5.75 Å². The van der Waals surface area contributed by atoms with Crippen molar-refractivity contribution in [2.24, 2.45) is 5.73 Å². The third kappa shape index (κ3) is 7.34. The molecule has 0 heterocycles. The minimum Gasteiger partial charge on any atom is -0.495 e. The Morgan fingerprint density at radius 2 is 1.86 bits per heavy atom. The number of halogens is 1. The van der Waals surface area contributed by atoms with Crippen molar-refractivity contribution in [1.29, 1.82) is 0 Å². The van der Waals surface area contributed by atoms with E-state index in [1.165, 1.54) is 13.2 Å². The van der Waals surface area contributed by atoms with Crippen LogP contribution in [0.1, 0.15) is 18.4 Å². The van der Waals surface area contributed by atoms with Crippen LogP contribution >= 0.6 is 11.6 Å². The van der Waals surface area contributed by atoms with E-state index in [-0.39, 0.29) is 19.4 Å². The maximum absolute atomic E-state index is 12.6. The van der Waals surface area contributed by atoms with Crippen LogP contribution in [-0.4, -0.2) is 31.1 Å². The molecule has 2 aromatic rings. The van der Waals surface area contributed by atoms with E-state index in [4.69, 9.17) is 26.8 Å². The Morgan fingerprint density at radius 3 is 2.48 bits per heavy atom. The number of amides is 3. The van der Waals surface area contributed by atoms with E-state index in [1.54, 1.807) is 24.3 Å². The van der Waals surface area contributed by atoms with Crippen molar-refractivity contribution in [3.63, 3.8) is 0 Å². The first-order valence-corrected chi connectivity index (χ1v) is 9.16. The summed E-state index contributed by atoms with van der Waals surface area (Å²) in [4.78, 5) is 35.8. The molecule has 1 atom stereocenters. The lowest BCUT2D eigenvalue weighted by Crippen LogP contribution is -2.44. The molecule has 0 bridgehead atoms. The van der Waals surface area contributed by atoms with Crippen LogP contribution in [0, 0.1) is 0 Å². The highest BCUT2D eigenvalue weighted by atomic mass is 35.5. The number of benzene rings is 2. The van der Waals surface area contributed by atoms with Crippen LogP contribution in [0.25, 0.3) is 0 Å². The smallest absolute Gasteiger partial charge is 0.408 e. The molecule has 0 saturated heterocycles. The summed E-state index contributed by atoms with van der Waals surface area (Å²) in [6, 6.07) is 12.8. The minimum absolute atomic E-state index is 0.0193. The largest absolute Gasteiger partial charge is 0.495 e. The second kappa shape index (κ2) is 10.9. The zero-order valence-electron chi connectivity index (χ0n) is 15.8. The van der Waals surface area contributed by atoms with Gasteiger partial charge in [-0.3, -0.25) is 9.59 Å². The maximum Gasteiger partial charge on any atom is 0.408 e. The summed E-state index contributed by atoms with van der Waals surface area (Å²) in [5.41, 5.74) is 6.37. The van der Waals surface area contributed by atoms with Gasteiger partial charge in [0, 0.05) is 12.1 Å². The summed E-state index contributed by atoms with van der Waals surface area (Å²) in [5.74, 6) is -0.670. The van der Waals surface area contributed by atoms with E-state index in [9.17, 15) is 14.4 Å². The second-order valence-corrected chi connectivity index (χ2v) is 6.51. The summed E-state index contributed by atoms with van der Waals surface area (Å²) < 4.78 is 10.2. The van der Waals surface area contributed by atoms with E-state index in [0.29, 0.717) is 16.5 Å². The first-order valence-electron chi connectivity index (χ1n) is 8.79. The van der Waals surface area contributed by atoms with Gasteiger partial charge in [-0.25, -0.2) is 4.79 Å². The molecule has 0 aliphatic heterocycles. The lowest BCUT2D eigenvalue weighted by molar-refractivity contribution is -0.119. The first-order chi connectivity index (χ1) is 13.9. The van der Waals surface area contributed by atoms with Gasteiger partial charge < -0.3 is 25.8 Å². The van der Waals surface area contributed by atoms with Gasteiger partial charge in [0.25, 0.3) is 0 Å². The SMILES string of the molecule is COc1ccc(NC(=O)[C@H](CCC(N)=O)NC(=O)OCc2ccccc2)cc1Cl. The van der Waals surface area contributed by atoms with Crippen molar-refractivity contribution < 1.29 is 23.9 Å². The molecule has 0 radical (unpaired) electrons. The molecule has 0 unspecified atom stereocenters. The van der Waals surface area contributed by atoms with Gasteiger partial charge in [-0.1, -0.05) is 41.9 Å². The van der Waals surface area contributed by atoms with E-state index in [1.807, 2.05) is 18.2 Å². The van der Waals surface area contributed by atoms with Crippen molar-refractivity contribution in [3.05, 3.63) is 59.1 Å². The molecule has 154 valence electrons. The number of nitrogens with one attached hydrogen (secondary N) is 2. The van der Waals surface area contributed by atoms with Gasteiger partial charge in [0.15, 0.2) is 0 Å². The standard InChI is InChI=1S/C20H22ClN3O5/c1-28-17-9-7-14(11-15(17)21)23-19(26)16(8-10-18(22)25)24-20(27)29-12-13-5-3-2-4-6-13/h2-7,9,11,16H,8,10,12H2,1H3,(H2,22,25)(H,23,26)(H,24,27)/t16-/m0/s1. The van der Waals surface area contributed by atoms with Crippen LogP contribution < -0.4 is 21.1 Å². The Kier molecular flexibility index (Phi) is 8.29. The molecule has 0 aliphatic rings. The van der Waals surface area contributed by atoms with Crippen molar-refractivity contribution in [3.8, 4) is 5.75 Å². The number of carbonyl (C=O) groups is 3. The predicted octanol–water partition coefficient (Wildman–Crippen LogP) is 2.85. The summed E-state index contributed by atoms with van der Waals surface area (Å²) in [7, 11) is 1.48. The molecule has 29 heavy (non-hydrogen) atoms. The molecule has 2 rings (SSSR count). The molecule has 0 aromatic heterocycles. The van der Waals surface area contributed by atoms with Gasteiger partial charge in [0.2, 0.25) is 11.8 Å². The maximum atomic E-state index is 12.6. The number of hydrogen-bond acceptors (Lipinski definition) is 5. The van der Waals surface area contributed by atoms with E-state index < -0.39 is 23.9 Å². The number of alkyl carbamates (subject to hydrolysis) is 1. The summed E-state index contributed by atoms with van der Waals surface area (Å²) in [6.07, 6.45) is -0.849. The number of carbonyl (C=O) groups excluding carboxylic acids is 3. The molecule has 0 fully saturated rings. The molecule has 0 saturated carbocycles. The number of ether oxygens (including phenoxy) is 2. The highest BCUT2D eigenvalue weighted by Gasteiger charge is 2.22. The lowest BCUT2D eigenvalue weighted by atomic mass is 10.1. The number of anilines is 1. The molecule has 4 N–H and O–H groups in total. The average Bonchev–Trinajstić information content (AvgIpc) is 2.70. The third-order valence-corrected chi connectivity index (χ3v) is 4.22. The molecule has 0 spiro atoms. The molecule has 9 heteroatoms. The predicted molar refractivity (Wildman–Crippen MR) is 109 cm³/mol. The van der Waals surface area contributed by atoms with Crippen molar-refractivity contribution in [2.45, 2.75) is 25.5 Å². The molecule has 2 aromatic carbocycles. The fourth-order valence-corrected chi connectivity index (χ4v) is 2.69. The monoisotopic (exact) mass is 419 g/mol. The highest BCUT2D eigenvalue weighted by Crippen LogP contribution is 2.27. The summed E-state index contributed by atoms with van der Waals surface area (Å²) in [5, 5.41) is 5.41. The van der Waals surface area contributed by atoms with Gasteiger partial charge in [-0.05, 0) is 30.2 Å². The Bertz CT molecular complexity index is 860. The zero-order chi connectivity index (χ0) is 21.2. The fourth-order valence-electron chi connectivity index (χ4n) is 2.44. The fraction of sp³-hybridized carbons (Fsp3) is 0.250. The Hall–Kier alpha value is -3.26. The van der Waals surface area contributed by atoms with Crippen molar-refractivity contribution in [2.75, 3.05) is 12.4 Å². The van der Waals surface area contributed by atoms with E-state index >= 15 is 0 Å². The zero-order valence-corrected chi connectivity index (χ0v) is 16.6. The van der Waals surface area contributed by atoms with Crippen LogP contribution in [0.4, 0.5) is 10.5 Å². The summed E-state index contributed by atoms with van der Waals surface area (Å²) in [6.45, 7) is 0.0465. The molecule has 8 nitrogen and oxygen atoms in total. The number of hydrogen-bond donors (Lipinski definition) is 3. The van der Waals surface area contributed by atoms with Crippen LogP contribution in [-0.2, 0) is 20.9 Å². The molecular weight excluding hydrogens is 398 g/mol. The Balaban J connectivity index is 1.99. The van der Waals surface area contributed by atoms with Crippen LogP contribution in [0.2, 0.25) is 5.02 Å². The minimum atomic E-state index is -1.02. The third-order valence-electron chi connectivity index (χ3n) is 3.92. The molecule has 0 aliphatic carbocycles. The Labute approximate surface area is 173 Å². The molecule has 3 amide bonds. The number of methoxy groups -OCH3 is 1. The van der Waals surface area contributed by atoms with Crippen LogP contribution in [0.15, 0.2) is 48.5 Å². The average molecular weight is 420 g/mol. The van der Waals surface area contributed by atoms with Crippen LogP contribution in [0.3, 0.4) is 0 Å². The summed E-state index contributed by atoms with van der Waals surface area (Å²) >= 11 is 6.05. The Morgan fingerprint density at radius 1 is 1.14 bits per heavy atom. The topological polar surface area (TPSA) is 120 Å². The normalized spacial score (nSPS) is 11.2. The van der Waals surface area contributed by atoms with Crippen molar-refractivity contribution in [1.82, 2.24) is 5.32 Å².